The van der Waals surface area contributed by atoms with Gasteiger partial charge in [0.25, 0.3) is 0 Å². The van der Waals surface area contributed by atoms with E-state index in [4.69, 9.17) is 9.47 Å². The van der Waals surface area contributed by atoms with Crippen molar-refractivity contribution in [1.82, 2.24) is 15.1 Å². The summed E-state index contributed by atoms with van der Waals surface area (Å²) in [5.41, 5.74) is -0.647. The Kier molecular flexibility index (Phi) is 8.44. The quantitative estimate of drug-likeness (QED) is 0.666. The molecular weight excluding hydrogens is 314 g/mol. The number of methoxy groups -OCH3 is 1. The number of nitrogens with zero attached hydrogens (tertiary/aromatic N) is 2. The number of hydrogen-bond donors (Lipinski definition) is 2. The first kappa shape index (κ1) is 20.7. The summed E-state index contributed by atoms with van der Waals surface area (Å²) in [4.78, 5) is 27.6. The third-order valence-corrected chi connectivity index (χ3v) is 3.80. The van der Waals surface area contributed by atoms with Gasteiger partial charge in [-0.2, -0.15) is 0 Å². The number of carbonyl (C=O) groups excluding carboxylic acids is 1. The van der Waals surface area contributed by atoms with E-state index in [1.165, 1.54) is 0 Å². The zero-order valence-corrected chi connectivity index (χ0v) is 15.2. The highest BCUT2D eigenvalue weighted by Crippen LogP contribution is 2.08. The Bertz CT molecular complexity index is 403. The summed E-state index contributed by atoms with van der Waals surface area (Å²) < 4.78 is 10.2. The van der Waals surface area contributed by atoms with E-state index in [2.05, 4.69) is 15.1 Å². The highest BCUT2D eigenvalue weighted by molar-refractivity contribution is 5.79. The molecule has 24 heavy (non-hydrogen) atoms. The lowest BCUT2D eigenvalue weighted by Crippen LogP contribution is -2.49. The van der Waals surface area contributed by atoms with Gasteiger partial charge in [0.15, 0.2) is 0 Å². The molecule has 1 aliphatic rings. The minimum absolute atomic E-state index is 0.354. The number of ether oxygens (including phenoxy) is 2. The first-order valence-electron chi connectivity index (χ1n) is 8.37. The summed E-state index contributed by atoms with van der Waals surface area (Å²) >= 11 is 0. The fourth-order valence-electron chi connectivity index (χ4n) is 2.48. The molecule has 1 saturated heterocycles. The van der Waals surface area contributed by atoms with Crippen molar-refractivity contribution in [2.45, 2.75) is 38.8 Å². The van der Waals surface area contributed by atoms with Gasteiger partial charge < -0.3 is 24.8 Å². The van der Waals surface area contributed by atoms with Crippen LogP contribution >= 0.6 is 0 Å². The van der Waals surface area contributed by atoms with E-state index < -0.39 is 23.7 Å². The Labute approximate surface area is 144 Å². The lowest BCUT2D eigenvalue weighted by molar-refractivity contribution is -0.139. The second kappa shape index (κ2) is 9.80. The van der Waals surface area contributed by atoms with Crippen molar-refractivity contribution in [3.05, 3.63) is 0 Å². The number of hydrogen-bond acceptors (Lipinski definition) is 6. The number of nitrogens with one attached hydrogen (secondary N) is 1. The standard InChI is InChI=1S/C16H31N3O5/c1-16(2,3)24-15(22)17-13(14(20)21)5-6-18-7-9-19(10-8-18)11-12-23-4/h13H,5-12H2,1-4H3,(H,17,22)(H,20,21). The lowest BCUT2D eigenvalue weighted by Gasteiger charge is -2.35. The molecule has 0 aromatic rings. The summed E-state index contributed by atoms with van der Waals surface area (Å²) in [5, 5.41) is 11.7. The van der Waals surface area contributed by atoms with Crippen molar-refractivity contribution >= 4 is 12.1 Å². The van der Waals surface area contributed by atoms with Gasteiger partial charge in [-0.3, -0.25) is 4.90 Å². The number of carbonyl (C=O) groups is 2. The van der Waals surface area contributed by atoms with Gasteiger partial charge in [-0.25, -0.2) is 9.59 Å². The average Bonchev–Trinajstić information content (AvgIpc) is 2.48. The smallest absolute Gasteiger partial charge is 0.408 e. The number of rotatable bonds is 8. The van der Waals surface area contributed by atoms with Crippen LogP contribution in [0.2, 0.25) is 0 Å². The van der Waals surface area contributed by atoms with E-state index in [0.29, 0.717) is 13.0 Å². The topological polar surface area (TPSA) is 91.3 Å². The van der Waals surface area contributed by atoms with E-state index >= 15 is 0 Å². The van der Waals surface area contributed by atoms with Gasteiger partial charge in [-0.15, -0.1) is 0 Å². The Hall–Kier alpha value is -1.38. The zero-order chi connectivity index (χ0) is 18.2. The molecule has 1 fully saturated rings. The Morgan fingerprint density at radius 1 is 1.12 bits per heavy atom. The molecule has 0 radical (unpaired) electrons. The number of alkyl carbamates (subject to hydrolysis) is 1. The lowest BCUT2D eigenvalue weighted by atomic mass is 10.2. The van der Waals surface area contributed by atoms with Gasteiger partial charge in [-0.1, -0.05) is 0 Å². The van der Waals surface area contributed by atoms with Crippen LogP contribution in [0.4, 0.5) is 4.79 Å². The third kappa shape index (κ3) is 8.47. The minimum Gasteiger partial charge on any atom is -0.480 e. The number of carboxylic acids is 1. The maximum absolute atomic E-state index is 11.7. The molecule has 0 bridgehead atoms. The molecule has 1 unspecified atom stereocenters. The van der Waals surface area contributed by atoms with Crippen molar-refractivity contribution in [2.75, 3.05) is 53.0 Å². The molecule has 1 atom stereocenters. The van der Waals surface area contributed by atoms with Crippen LogP contribution in [-0.4, -0.2) is 91.6 Å². The Morgan fingerprint density at radius 2 is 1.67 bits per heavy atom. The molecule has 1 rings (SSSR count). The van der Waals surface area contributed by atoms with Gasteiger partial charge in [0.2, 0.25) is 0 Å². The molecule has 8 heteroatoms. The summed E-state index contributed by atoms with van der Waals surface area (Å²) in [6, 6.07) is -0.939. The Morgan fingerprint density at radius 3 is 2.12 bits per heavy atom. The van der Waals surface area contributed by atoms with Crippen LogP contribution in [0.5, 0.6) is 0 Å². The number of piperazine rings is 1. The highest BCUT2D eigenvalue weighted by Gasteiger charge is 2.25. The van der Waals surface area contributed by atoms with E-state index in [-0.39, 0.29) is 0 Å². The fraction of sp³-hybridized carbons (Fsp3) is 0.875. The molecule has 1 heterocycles. The maximum atomic E-state index is 11.7. The van der Waals surface area contributed by atoms with Crippen molar-refractivity contribution in [1.29, 1.82) is 0 Å². The molecule has 0 aliphatic carbocycles. The van der Waals surface area contributed by atoms with Gasteiger partial charge in [-0.05, 0) is 27.2 Å². The summed E-state index contributed by atoms with van der Waals surface area (Å²) in [6.07, 6.45) is -0.341. The van der Waals surface area contributed by atoms with Crippen LogP contribution in [-0.2, 0) is 14.3 Å². The minimum atomic E-state index is -1.04. The number of aliphatic carboxylic acids is 1. The van der Waals surface area contributed by atoms with Gasteiger partial charge in [0.1, 0.15) is 11.6 Å². The van der Waals surface area contributed by atoms with Crippen LogP contribution in [0, 0.1) is 0 Å². The summed E-state index contributed by atoms with van der Waals surface area (Å²) in [6.45, 7) is 11.2. The average molecular weight is 345 g/mol. The van der Waals surface area contributed by atoms with Crippen LogP contribution in [0.25, 0.3) is 0 Å². The maximum Gasteiger partial charge on any atom is 0.408 e. The van der Waals surface area contributed by atoms with Crippen molar-refractivity contribution < 1.29 is 24.2 Å². The Balaban J connectivity index is 2.34. The van der Waals surface area contributed by atoms with E-state index in [1.807, 2.05) is 0 Å². The number of amides is 1. The first-order chi connectivity index (χ1) is 11.2. The van der Waals surface area contributed by atoms with Crippen LogP contribution < -0.4 is 5.32 Å². The second-order valence-electron chi connectivity index (χ2n) is 7.00. The van der Waals surface area contributed by atoms with Crippen molar-refractivity contribution in [3.63, 3.8) is 0 Å². The normalized spacial score (nSPS) is 18.2. The predicted molar refractivity (Wildman–Crippen MR) is 90.2 cm³/mol. The third-order valence-electron chi connectivity index (χ3n) is 3.80. The molecule has 1 aliphatic heterocycles. The molecule has 1 amide bonds. The van der Waals surface area contributed by atoms with Crippen molar-refractivity contribution in [3.8, 4) is 0 Å². The van der Waals surface area contributed by atoms with E-state index in [1.54, 1.807) is 27.9 Å². The van der Waals surface area contributed by atoms with Crippen molar-refractivity contribution in [2.24, 2.45) is 0 Å². The van der Waals surface area contributed by atoms with E-state index in [0.717, 1.165) is 39.3 Å². The molecule has 0 aromatic heterocycles. The largest absolute Gasteiger partial charge is 0.480 e. The molecule has 0 aromatic carbocycles. The molecular formula is C16H31N3O5. The monoisotopic (exact) mass is 345 g/mol. The van der Waals surface area contributed by atoms with Gasteiger partial charge in [0, 0.05) is 46.4 Å². The van der Waals surface area contributed by atoms with Crippen LogP contribution in [0.3, 0.4) is 0 Å². The second-order valence-corrected chi connectivity index (χ2v) is 7.00. The van der Waals surface area contributed by atoms with Crippen LogP contribution in [0.15, 0.2) is 0 Å². The zero-order valence-electron chi connectivity index (χ0n) is 15.2. The number of carboxylic acid groups (broad SMARTS) is 1. The van der Waals surface area contributed by atoms with Gasteiger partial charge in [0.05, 0.1) is 6.61 Å². The predicted octanol–water partition coefficient (Wildman–Crippen LogP) is 0.618. The molecule has 140 valence electrons. The highest BCUT2D eigenvalue weighted by atomic mass is 16.6. The van der Waals surface area contributed by atoms with Crippen LogP contribution in [0.1, 0.15) is 27.2 Å². The molecule has 8 nitrogen and oxygen atoms in total. The molecule has 0 saturated carbocycles. The summed E-state index contributed by atoms with van der Waals surface area (Å²) in [7, 11) is 1.69. The van der Waals surface area contributed by atoms with Gasteiger partial charge >= 0.3 is 12.1 Å². The SMILES string of the molecule is COCCN1CCN(CCC(NC(=O)OC(C)(C)C)C(=O)O)CC1. The fourth-order valence-corrected chi connectivity index (χ4v) is 2.48. The first-order valence-corrected chi connectivity index (χ1v) is 8.37. The molecule has 2 N–H and O–H groups in total. The summed E-state index contributed by atoms with van der Waals surface area (Å²) in [5.74, 6) is -1.04. The van der Waals surface area contributed by atoms with E-state index in [9.17, 15) is 14.7 Å². The molecule has 0 spiro atoms.